The van der Waals surface area contributed by atoms with Crippen LogP contribution >= 0.6 is 12.4 Å². The minimum Gasteiger partial charge on any atom is -0.337 e. The van der Waals surface area contributed by atoms with Gasteiger partial charge in [0, 0.05) is 26.6 Å². The number of hydrogen-bond donors (Lipinski definition) is 1. The Labute approximate surface area is 140 Å². The van der Waals surface area contributed by atoms with E-state index >= 15 is 0 Å². The van der Waals surface area contributed by atoms with Crippen LogP contribution in [0.1, 0.15) is 52.9 Å². The molecule has 0 aromatic heterocycles. The zero-order valence-corrected chi connectivity index (χ0v) is 14.8. The highest BCUT2D eigenvalue weighted by Gasteiger charge is 2.45. The first-order chi connectivity index (χ1) is 9.87. The molecule has 2 fully saturated rings. The third kappa shape index (κ3) is 3.74. The molecular formula is C16H30ClN3O2. The Morgan fingerprint density at radius 2 is 1.68 bits per heavy atom. The van der Waals surface area contributed by atoms with Crippen LogP contribution in [0.5, 0.6) is 0 Å². The van der Waals surface area contributed by atoms with Crippen molar-refractivity contribution < 1.29 is 9.59 Å². The predicted octanol–water partition coefficient (Wildman–Crippen LogP) is 1.79. The first kappa shape index (κ1) is 19.2. The number of piperazine rings is 1. The van der Waals surface area contributed by atoms with E-state index in [2.05, 4.69) is 0 Å². The van der Waals surface area contributed by atoms with Gasteiger partial charge in [0.1, 0.15) is 0 Å². The first-order valence-corrected chi connectivity index (χ1v) is 8.20. The zero-order valence-electron chi connectivity index (χ0n) is 14.0. The van der Waals surface area contributed by atoms with Gasteiger partial charge >= 0.3 is 0 Å². The normalized spacial score (nSPS) is 22.4. The Morgan fingerprint density at radius 1 is 1.09 bits per heavy atom. The fourth-order valence-electron chi connectivity index (χ4n) is 3.79. The Morgan fingerprint density at radius 3 is 2.18 bits per heavy atom. The zero-order chi connectivity index (χ0) is 15.6. The molecule has 0 radical (unpaired) electrons. The number of halogens is 1. The van der Waals surface area contributed by atoms with E-state index in [9.17, 15) is 9.59 Å². The van der Waals surface area contributed by atoms with Gasteiger partial charge in [-0.3, -0.25) is 9.59 Å². The van der Waals surface area contributed by atoms with E-state index in [1.165, 1.54) is 6.42 Å². The van der Waals surface area contributed by atoms with Gasteiger partial charge in [-0.25, -0.2) is 0 Å². The minimum absolute atomic E-state index is 0. The van der Waals surface area contributed by atoms with Crippen molar-refractivity contribution in [1.29, 1.82) is 0 Å². The second kappa shape index (κ2) is 7.64. The number of carbonyl (C=O) groups excluding carboxylic acids is 2. The van der Waals surface area contributed by atoms with Crippen LogP contribution in [0, 0.1) is 5.92 Å². The summed E-state index contributed by atoms with van der Waals surface area (Å²) in [7, 11) is 0. The highest BCUT2D eigenvalue weighted by atomic mass is 35.5. The van der Waals surface area contributed by atoms with Crippen LogP contribution in [-0.4, -0.2) is 52.8 Å². The molecule has 2 N–H and O–H groups in total. The molecule has 1 spiro atoms. The van der Waals surface area contributed by atoms with Crippen LogP contribution < -0.4 is 5.73 Å². The lowest BCUT2D eigenvalue weighted by Gasteiger charge is -2.53. The number of nitrogens with zero attached hydrogens (tertiary/aromatic N) is 2. The fraction of sp³-hybridized carbons (Fsp3) is 0.875. The standard InChI is InChI=1S/C16H29N3O2.ClH/c1-12(2)14(17)15(21)18-9-10-19(13(3)20)16(11-18)7-5-4-6-8-16;/h12,14H,4-11,17H2,1-3H3;1H/t14-;/m0./s1. The van der Waals surface area contributed by atoms with Crippen molar-refractivity contribution in [3.05, 3.63) is 0 Å². The van der Waals surface area contributed by atoms with Gasteiger partial charge in [0.25, 0.3) is 0 Å². The third-order valence-electron chi connectivity index (χ3n) is 5.13. The average Bonchev–Trinajstić information content (AvgIpc) is 2.45. The largest absolute Gasteiger partial charge is 0.337 e. The molecule has 1 atom stereocenters. The Hall–Kier alpha value is -0.810. The topological polar surface area (TPSA) is 66.6 Å². The molecule has 1 saturated carbocycles. The van der Waals surface area contributed by atoms with Gasteiger partial charge < -0.3 is 15.5 Å². The van der Waals surface area contributed by atoms with Gasteiger partial charge in [-0.1, -0.05) is 33.1 Å². The molecule has 2 rings (SSSR count). The lowest BCUT2D eigenvalue weighted by Crippen LogP contribution is -2.66. The summed E-state index contributed by atoms with van der Waals surface area (Å²) in [4.78, 5) is 28.4. The molecule has 22 heavy (non-hydrogen) atoms. The maximum atomic E-state index is 12.5. The molecule has 0 unspecified atom stereocenters. The average molecular weight is 332 g/mol. The maximum absolute atomic E-state index is 12.5. The van der Waals surface area contributed by atoms with Gasteiger partial charge in [0.15, 0.2) is 0 Å². The summed E-state index contributed by atoms with van der Waals surface area (Å²) >= 11 is 0. The number of carbonyl (C=O) groups is 2. The summed E-state index contributed by atoms with van der Waals surface area (Å²) < 4.78 is 0. The SMILES string of the molecule is CC(=O)N1CCN(C(=O)[C@@H](N)C(C)C)CC12CCCCC2.Cl. The second-order valence-corrected chi connectivity index (χ2v) is 6.99. The highest BCUT2D eigenvalue weighted by Crippen LogP contribution is 2.36. The predicted molar refractivity (Wildman–Crippen MR) is 89.8 cm³/mol. The van der Waals surface area contributed by atoms with Crippen LogP contribution in [0.15, 0.2) is 0 Å². The Kier molecular flexibility index (Phi) is 6.68. The fourth-order valence-corrected chi connectivity index (χ4v) is 3.79. The Balaban J connectivity index is 0.00000242. The number of nitrogens with two attached hydrogens (primary N) is 1. The van der Waals surface area contributed by atoms with Crippen molar-refractivity contribution in [3.63, 3.8) is 0 Å². The molecule has 0 aromatic carbocycles. The molecule has 128 valence electrons. The van der Waals surface area contributed by atoms with E-state index in [0.29, 0.717) is 19.6 Å². The van der Waals surface area contributed by atoms with Gasteiger partial charge in [-0.15, -0.1) is 12.4 Å². The summed E-state index contributed by atoms with van der Waals surface area (Å²) in [5.41, 5.74) is 5.89. The van der Waals surface area contributed by atoms with E-state index in [1.807, 2.05) is 23.6 Å². The summed E-state index contributed by atoms with van der Waals surface area (Å²) in [6, 6.07) is -0.436. The van der Waals surface area contributed by atoms with E-state index < -0.39 is 6.04 Å². The number of hydrogen-bond acceptors (Lipinski definition) is 3. The summed E-state index contributed by atoms with van der Waals surface area (Å²) in [6.45, 7) is 7.52. The van der Waals surface area contributed by atoms with Crippen LogP contribution in [-0.2, 0) is 9.59 Å². The van der Waals surface area contributed by atoms with Crippen molar-refractivity contribution in [3.8, 4) is 0 Å². The summed E-state index contributed by atoms with van der Waals surface area (Å²) in [6.07, 6.45) is 5.53. The van der Waals surface area contributed by atoms with Crippen LogP contribution in [0.2, 0.25) is 0 Å². The minimum atomic E-state index is -0.436. The Bertz CT molecular complexity index is 408. The molecule has 1 aliphatic carbocycles. The van der Waals surface area contributed by atoms with Crippen LogP contribution in [0.25, 0.3) is 0 Å². The van der Waals surface area contributed by atoms with Crippen LogP contribution in [0.4, 0.5) is 0 Å². The number of amides is 2. The van der Waals surface area contributed by atoms with Crippen molar-refractivity contribution in [2.45, 2.75) is 64.5 Å². The lowest BCUT2D eigenvalue weighted by molar-refractivity contribution is -0.151. The molecular weight excluding hydrogens is 302 g/mol. The molecule has 2 amide bonds. The molecule has 2 aliphatic rings. The lowest BCUT2D eigenvalue weighted by atomic mass is 9.78. The maximum Gasteiger partial charge on any atom is 0.239 e. The van der Waals surface area contributed by atoms with E-state index in [-0.39, 0.29) is 35.7 Å². The smallest absolute Gasteiger partial charge is 0.239 e. The van der Waals surface area contributed by atoms with Crippen molar-refractivity contribution >= 4 is 24.2 Å². The molecule has 5 nitrogen and oxygen atoms in total. The van der Waals surface area contributed by atoms with Gasteiger partial charge in [0.2, 0.25) is 11.8 Å². The number of rotatable bonds is 2. The quantitative estimate of drug-likeness (QED) is 0.838. The van der Waals surface area contributed by atoms with Gasteiger partial charge in [0.05, 0.1) is 11.6 Å². The van der Waals surface area contributed by atoms with Crippen molar-refractivity contribution in [2.24, 2.45) is 11.7 Å². The monoisotopic (exact) mass is 331 g/mol. The first-order valence-electron chi connectivity index (χ1n) is 8.20. The molecule has 1 aliphatic heterocycles. The van der Waals surface area contributed by atoms with E-state index in [0.717, 1.165) is 25.7 Å². The third-order valence-corrected chi connectivity index (χ3v) is 5.13. The molecule has 1 heterocycles. The van der Waals surface area contributed by atoms with E-state index in [4.69, 9.17) is 5.73 Å². The highest BCUT2D eigenvalue weighted by molar-refractivity contribution is 5.85. The van der Waals surface area contributed by atoms with E-state index in [1.54, 1.807) is 6.92 Å². The van der Waals surface area contributed by atoms with Crippen LogP contribution in [0.3, 0.4) is 0 Å². The second-order valence-electron chi connectivity index (χ2n) is 6.99. The molecule has 1 saturated heterocycles. The van der Waals surface area contributed by atoms with Gasteiger partial charge in [-0.2, -0.15) is 0 Å². The molecule has 0 bridgehead atoms. The van der Waals surface area contributed by atoms with Gasteiger partial charge in [-0.05, 0) is 18.8 Å². The summed E-state index contributed by atoms with van der Waals surface area (Å²) in [5.74, 6) is 0.320. The van der Waals surface area contributed by atoms with Crippen molar-refractivity contribution in [1.82, 2.24) is 9.80 Å². The summed E-state index contributed by atoms with van der Waals surface area (Å²) in [5, 5.41) is 0. The molecule has 6 heteroatoms. The van der Waals surface area contributed by atoms with Crippen molar-refractivity contribution in [2.75, 3.05) is 19.6 Å². The molecule has 0 aromatic rings.